The molecule has 0 spiro atoms. The first kappa shape index (κ1) is 7.21. The molecule has 2 aliphatic heterocycles. The number of nitrogens with zero attached hydrogens (tertiary/aromatic N) is 4. The number of aryl methyl sites for hydroxylation is 3. The molecule has 2 aliphatic rings. The Kier molecular flexibility index (Phi) is 1.36. The summed E-state index contributed by atoms with van der Waals surface area (Å²) in [6, 6.07) is 0. The van der Waals surface area contributed by atoms with Crippen molar-refractivity contribution in [3.63, 3.8) is 0 Å². The third-order valence-corrected chi connectivity index (χ3v) is 1.85. The fourth-order valence-electron chi connectivity index (χ4n) is 1.22. The zero-order valence-corrected chi connectivity index (χ0v) is 7.37. The molecule has 12 heavy (non-hydrogen) atoms. The highest BCUT2D eigenvalue weighted by Gasteiger charge is 2.13. The number of imidazole rings is 1. The highest BCUT2D eigenvalue weighted by atomic mass is 15.1. The molecular formula is C8H10N4. The Bertz CT molecular complexity index is 355. The lowest BCUT2D eigenvalue weighted by Crippen LogP contribution is -2.01. The summed E-state index contributed by atoms with van der Waals surface area (Å²) < 4.78 is 1.88. The summed E-state index contributed by atoms with van der Waals surface area (Å²) in [6.45, 7) is 3.83. The van der Waals surface area contributed by atoms with E-state index in [2.05, 4.69) is 15.0 Å². The Morgan fingerprint density at radius 3 is 2.67 bits per heavy atom. The maximum absolute atomic E-state index is 4.29. The number of rotatable bonds is 0. The van der Waals surface area contributed by atoms with Crippen molar-refractivity contribution >= 4 is 0 Å². The van der Waals surface area contributed by atoms with Gasteiger partial charge in [0.05, 0.1) is 12.0 Å². The van der Waals surface area contributed by atoms with E-state index in [0.717, 1.165) is 23.0 Å². The van der Waals surface area contributed by atoms with Crippen molar-refractivity contribution in [2.24, 2.45) is 7.05 Å². The molecule has 62 valence electrons. The van der Waals surface area contributed by atoms with E-state index in [1.165, 1.54) is 0 Å². The number of hydrogen-bond acceptors (Lipinski definition) is 3. The van der Waals surface area contributed by atoms with E-state index in [0.29, 0.717) is 0 Å². The minimum Gasteiger partial charge on any atom is -0.318 e. The number of fused-ring (bicyclic) bond motifs is 1. The first-order valence-electron chi connectivity index (χ1n) is 3.81. The summed E-state index contributed by atoms with van der Waals surface area (Å²) >= 11 is 0. The molecule has 0 aliphatic carbocycles. The summed E-state index contributed by atoms with van der Waals surface area (Å²) in [5.74, 6) is 1.71. The van der Waals surface area contributed by atoms with Gasteiger partial charge in [-0.05, 0) is 13.8 Å². The van der Waals surface area contributed by atoms with E-state index >= 15 is 0 Å². The molecule has 0 aromatic carbocycles. The van der Waals surface area contributed by atoms with E-state index in [1.54, 1.807) is 6.33 Å². The maximum Gasteiger partial charge on any atom is 0.163 e. The molecule has 4 nitrogen and oxygen atoms in total. The van der Waals surface area contributed by atoms with Gasteiger partial charge in [-0.25, -0.2) is 15.0 Å². The van der Waals surface area contributed by atoms with E-state index < -0.39 is 0 Å². The van der Waals surface area contributed by atoms with Gasteiger partial charge in [0.25, 0.3) is 0 Å². The molecule has 0 radical (unpaired) electrons. The maximum atomic E-state index is 4.29. The standard InChI is InChI=1S/C8H10N4/c1-5-7-8(11-6(2)10-7)12(3)4-9-5/h4H,1-3H3. The summed E-state index contributed by atoms with van der Waals surface area (Å²) in [4.78, 5) is 12.7. The SMILES string of the molecule is Cc1nc2c(C)ncn(C)c-2n1. The fraction of sp³-hybridized carbons (Fsp3) is 0.375. The van der Waals surface area contributed by atoms with Crippen molar-refractivity contribution in [2.45, 2.75) is 13.8 Å². The fourth-order valence-corrected chi connectivity index (χ4v) is 1.22. The molecule has 0 N–H and O–H groups in total. The zero-order valence-electron chi connectivity index (χ0n) is 7.37. The third-order valence-electron chi connectivity index (χ3n) is 1.85. The lowest BCUT2D eigenvalue weighted by Gasteiger charge is -2.04. The summed E-state index contributed by atoms with van der Waals surface area (Å²) in [7, 11) is 1.92. The predicted octanol–water partition coefficient (Wildman–Crippen LogP) is 0.932. The lowest BCUT2D eigenvalue weighted by molar-refractivity contribution is 0.839. The van der Waals surface area contributed by atoms with Gasteiger partial charge in [-0.2, -0.15) is 0 Å². The molecule has 2 heterocycles. The van der Waals surface area contributed by atoms with Crippen molar-refractivity contribution in [2.75, 3.05) is 0 Å². The number of aromatic nitrogens is 4. The highest BCUT2D eigenvalue weighted by molar-refractivity contribution is 5.54. The van der Waals surface area contributed by atoms with Crippen molar-refractivity contribution < 1.29 is 0 Å². The molecule has 0 unspecified atom stereocenters. The molecule has 0 aromatic heterocycles. The highest BCUT2D eigenvalue weighted by Crippen LogP contribution is 2.19. The van der Waals surface area contributed by atoms with Crippen LogP contribution in [0.1, 0.15) is 11.5 Å². The Balaban J connectivity index is 2.82. The zero-order chi connectivity index (χ0) is 8.72. The van der Waals surface area contributed by atoms with Crippen LogP contribution in [0.25, 0.3) is 11.5 Å². The van der Waals surface area contributed by atoms with Gasteiger partial charge in [-0.1, -0.05) is 0 Å². The van der Waals surface area contributed by atoms with E-state index in [-0.39, 0.29) is 0 Å². The first-order valence-corrected chi connectivity index (χ1v) is 3.81. The average molecular weight is 162 g/mol. The van der Waals surface area contributed by atoms with Crippen LogP contribution in [0.4, 0.5) is 0 Å². The van der Waals surface area contributed by atoms with Crippen molar-refractivity contribution in [1.29, 1.82) is 0 Å². The second-order valence-corrected chi connectivity index (χ2v) is 2.88. The lowest BCUT2D eigenvalue weighted by atomic mass is 10.3. The summed E-state index contributed by atoms with van der Waals surface area (Å²) in [5.41, 5.74) is 1.83. The van der Waals surface area contributed by atoms with Crippen LogP contribution in [0.3, 0.4) is 0 Å². The van der Waals surface area contributed by atoms with Crippen molar-refractivity contribution in [3.8, 4) is 11.5 Å². The van der Waals surface area contributed by atoms with Gasteiger partial charge in [-0.3, -0.25) is 0 Å². The Morgan fingerprint density at radius 2 is 2.00 bits per heavy atom. The second-order valence-electron chi connectivity index (χ2n) is 2.88. The van der Waals surface area contributed by atoms with Crippen LogP contribution in [0.5, 0.6) is 0 Å². The van der Waals surface area contributed by atoms with Crippen LogP contribution >= 0.6 is 0 Å². The first-order chi connectivity index (χ1) is 5.68. The monoisotopic (exact) mass is 162 g/mol. The quantitative estimate of drug-likeness (QED) is 0.578. The van der Waals surface area contributed by atoms with E-state index in [4.69, 9.17) is 0 Å². The Labute approximate surface area is 70.6 Å². The van der Waals surface area contributed by atoms with Gasteiger partial charge in [-0.15, -0.1) is 0 Å². The molecule has 4 heteroatoms. The van der Waals surface area contributed by atoms with Gasteiger partial charge < -0.3 is 4.57 Å². The molecule has 0 fully saturated rings. The van der Waals surface area contributed by atoms with Crippen LogP contribution in [-0.2, 0) is 7.05 Å². The van der Waals surface area contributed by atoms with Gasteiger partial charge in [0.15, 0.2) is 5.82 Å². The van der Waals surface area contributed by atoms with Crippen LogP contribution in [0.2, 0.25) is 0 Å². The van der Waals surface area contributed by atoms with Gasteiger partial charge in [0.2, 0.25) is 0 Å². The molecule has 0 bridgehead atoms. The average Bonchev–Trinajstić information content (AvgIpc) is 2.41. The molecule has 0 saturated heterocycles. The number of hydrogen-bond donors (Lipinski definition) is 0. The van der Waals surface area contributed by atoms with Gasteiger partial charge in [0.1, 0.15) is 11.5 Å². The topological polar surface area (TPSA) is 43.6 Å². The largest absolute Gasteiger partial charge is 0.318 e. The Hall–Kier alpha value is -1.45. The normalized spacial score (nSPS) is 10.9. The molecule has 0 amide bonds. The van der Waals surface area contributed by atoms with Crippen molar-refractivity contribution in [1.82, 2.24) is 19.5 Å². The summed E-state index contributed by atoms with van der Waals surface area (Å²) in [6.07, 6.45) is 1.76. The summed E-state index contributed by atoms with van der Waals surface area (Å²) in [5, 5.41) is 0. The van der Waals surface area contributed by atoms with Gasteiger partial charge in [0, 0.05) is 7.05 Å². The van der Waals surface area contributed by atoms with Crippen LogP contribution in [0, 0.1) is 13.8 Å². The molecule has 2 rings (SSSR count). The molecule has 0 aromatic rings. The smallest absolute Gasteiger partial charge is 0.163 e. The molecular weight excluding hydrogens is 152 g/mol. The molecule has 0 saturated carbocycles. The Morgan fingerprint density at radius 1 is 1.25 bits per heavy atom. The second kappa shape index (κ2) is 2.27. The van der Waals surface area contributed by atoms with Crippen LogP contribution in [-0.4, -0.2) is 19.5 Å². The van der Waals surface area contributed by atoms with Crippen LogP contribution in [0.15, 0.2) is 6.33 Å². The van der Waals surface area contributed by atoms with Gasteiger partial charge >= 0.3 is 0 Å². The van der Waals surface area contributed by atoms with E-state index in [1.807, 2.05) is 25.5 Å². The van der Waals surface area contributed by atoms with Crippen molar-refractivity contribution in [3.05, 3.63) is 17.8 Å². The predicted molar refractivity (Wildman–Crippen MR) is 44.9 cm³/mol. The minimum absolute atomic E-state index is 0.803. The van der Waals surface area contributed by atoms with E-state index in [9.17, 15) is 0 Å². The third kappa shape index (κ3) is 0.879. The van der Waals surface area contributed by atoms with Crippen LogP contribution < -0.4 is 0 Å². The molecule has 0 atom stereocenters. The minimum atomic E-state index is 0.803.